The summed E-state index contributed by atoms with van der Waals surface area (Å²) < 4.78 is 38.6. The number of phenols is 3. The lowest BCUT2D eigenvalue weighted by molar-refractivity contribution is -0.333. The highest BCUT2D eigenvalue weighted by atomic mass is 35.5. The topological polar surface area (TPSA) is 551 Å². The fourth-order valence-electron chi connectivity index (χ4n) is 14.0. The van der Waals surface area contributed by atoms with E-state index in [9.17, 15) is 69.9 Å². The molecule has 7 aliphatic heterocycles. The number of aryl methyl sites for hydroxylation is 2. The Labute approximate surface area is 655 Å². The highest BCUT2D eigenvalue weighted by Gasteiger charge is 2.52. The third-order valence-corrected chi connectivity index (χ3v) is 20.3. The van der Waals surface area contributed by atoms with Crippen molar-refractivity contribution < 1.29 is 118 Å². The first-order chi connectivity index (χ1) is 53.4. The minimum atomic E-state index is -2.37. The average molecular weight is 1610 g/mol. The Hall–Kier alpha value is -10.5. The average Bonchev–Trinajstić information content (AvgIpc) is 0.742. The quantitative estimate of drug-likeness (QED) is 0.0651. The van der Waals surface area contributed by atoms with Gasteiger partial charge >= 0.3 is 0 Å². The number of anilines is 1. The summed E-state index contributed by atoms with van der Waals surface area (Å²) in [5.41, 5.74) is 10.1. The molecule has 18 unspecified atom stereocenters. The number of aliphatic hydroxyl groups excluding tert-OH is 6. The number of carbonyl (C=O) groups excluding carboxylic acids is 9. The molecule has 2 fully saturated rings. The van der Waals surface area contributed by atoms with Crippen LogP contribution in [0.2, 0.25) is 10.0 Å². The lowest BCUT2D eigenvalue weighted by Gasteiger charge is -2.47. The standard InChI is InChI=1S/C76H87Cl2N11O24/c1-29(2)14-43(81-7)68(101)88-59-61(96)34-9-12-47(41(77)19-34)109-49-21-36-22-50(65(49)113-75-66(64(99)63(98)51(28-90)111-75)112-54-26-76(6,80)67(100)32(5)108-54)110-48-13-10-35(20-42(48)78)62(97)60-74(107)87-58(70(103)82-27-53(95)83-37-16-30(3)15-31(4)17-37)40-23-38(91)24-46(93)55(40)39-18-33(8-11-45(39)92)56(71(104)89-60)86-72(105)57(36)85-69(102)44(25-52(79)94)84-73(59)106/h8-13,15-24,29,32,43-44,51,54,56-64,66-67,75,81,90-93,96-100H,14,25-28,80H2,1-7H3,(H2,79,94)(H,82,103)(H,83,95)(H,84,106)(H,85,102)(H,86,105)(H,87,107)(H,88,101)(H,89,104). The number of fused-ring (bicyclic) bond motifs is 15. The van der Waals surface area contributed by atoms with Crippen molar-refractivity contribution in [2.75, 3.05) is 25.5 Å². The molecule has 9 amide bonds. The van der Waals surface area contributed by atoms with Crippen LogP contribution in [0.1, 0.15) is 116 Å². The Morgan fingerprint density at radius 2 is 1.30 bits per heavy atom. The highest BCUT2D eigenvalue weighted by Crippen LogP contribution is 2.50. The number of ether oxygens (including phenoxy) is 6. The van der Waals surface area contributed by atoms with Crippen LogP contribution in [0, 0.1) is 19.8 Å². The number of nitrogens with one attached hydrogen (secondary N) is 9. The van der Waals surface area contributed by atoms with Crippen LogP contribution in [0.4, 0.5) is 5.69 Å². The Bertz CT molecular complexity index is 4690. The zero-order valence-corrected chi connectivity index (χ0v) is 63.2. The summed E-state index contributed by atoms with van der Waals surface area (Å²) in [6.45, 7) is 8.46. The zero-order chi connectivity index (χ0) is 82.1. The van der Waals surface area contributed by atoms with E-state index < -0.39 is 250 Å². The van der Waals surface area contributed by atoms with E-state index in [0.717, 1.165) is 77.9 Å². The molecule has 6 aromatic rings. The van der Waals surface area contributed by atoms with E-state index in [-0.39, 0.29) is 46.2 Å². The Morgan fingerprint density at radius 1 is 0.690 bits per heavy atom. The molecule has 35 nitrogen and oxygen atoms in total. The monoisotopic (exact) mass is 1610 g/mol. The molecule has 11 bridgehead atoms. The first-order valence-corrected chi connectivity index (χ1v) is 36.5. The molecule has 7 heterocycles. The molecule has 0 radical (unpaired) electrons. The molecule has 0 saturated carbocycles. The number of benzene rings is 6. The van der Waals surface area contributed by atoms with Gasteiger partial charge in [-0.15, -0.1) is 0 Å². The van der Waals surface area contributed by atoms with Crippen molar-refractivity contribution in [2.45, 2.75) is 170 Å². The van der Waals surface area contributed by atoms with Gasteiger partial charge in [-0.2, -0.15) is 0 Å². The number of nitrogens with two attached hydrogens (primary N) is 2. The van der Waals surface area contributed by atoms with Crippen molar-refractivity contribution in [3.8, 4) is 57.1 Å². The predicted octanol–water partition coefficient (Wildman–Crippen LogP) is 1.39. The maximum Gasteiger partial charge on any atom is 0.248 e. The van der Waals surface area contributed by atoms with Gasteiger partial charge in [0.15, 0.2) is 23.9 Å². The van der Waals surface area contributed by atoms with E-state index >= 15 is 19.2 Å². The number of aromatic hydroxyl groups is 3. The normalized spacial score (nSPS) is 27.5. The fraction of sp³-hybridized carbons (Fsp3) is 0.408. The van der Waals surface area contributed by atoms with E-state index in [2.05, 4.69) is 47.9 Å². The molecule has 22 N–H and O–H groups in total. The van der Waals surface area contributed by atoms with Gasteiger partial charge in [-0.05, 0) is 153 Å². The first kappa shape index (κ1) is 83.4. The second-order valence-electron chi connectivity index (χ2n) is 29.0. The highest BCUT2D eigenvalue weighted by molar-refractivity contribution is 6.32. The van der Waals surface area contributed by atoms with Crippen LogP contribution in [-0.4, -0.2) is 198 Å². The lowest BCUT2D eigenvalue weighted by atomic mass is 9.86. The Balaban J connectivity index is 1.13. The lowest BCUT2D eigenvalue weighted by Crippen LogP contribution is -2.64. The molecule has 0 spiro atoms. The van der Waals surface area contributed by atoms with E-state index in [1.165, 1.54) is 33.0 Å². The molecule has 37 heteroatoms. The summed E-state index contributed by atoms with van der Waals surface area (Å²) in [4.78, 5) is 134. The largest absolute Gasteiger partial charge is 0.508 e. The van der Waals surface area contributed by atoms with Crippen molar-refractivity contribution in [1.29, 1.82) is 0 Å². The van der Waals surface area contributed by atoms with E-state index in [1.54, 1.807) is 26.0 Å². The molecule has 604 valence electrons. The van der Waals surface area contributed by atoms with Crippen molar-refractivity contribution in [2.24, 2.45) is 17.4 Å². The van der Waals surface area contributed by atoms with E-state index in [4.69, 9.17) is 63.1 Å². The smallest absolute Gasteiger partial charge is 0.248 e. The van der Waals surface area contributed by atoms with Gasteiger partial charge in [0.05, 0.1) is 47.9 Å². The number of halogens is 2. The SMILES string of the molecule is CNC(CC(C)C)C(=O)NC1C(=O)NC(CC(N)=O)C(=O)NC2C(=O)NC3C(=O)NC(C(=O)NC(C(=O)NCC(=O)Nc4cc(C)cc(C)c4)c4cc(O)cc(O)c4-c4cc3ccc4O)C(O)c3ccc(c(Cl)c3)Oc3cc2cc(c3OC2OC(CO)C(O)C(O)C2OC2CC(C)(N)C(O)C(C)O2)Oc2ccc(cc2Cl)C1O. The second kappa shape index (κ2) is 34.4. The number of hydrogen-bond donors (Lipinski definition) is 20. The van der Waals surface area contributed by atoms with E-state index in [0.29, 0.717) is 5.69 Å². The summed E-state index contributed by atoms with van der Waals surface area (Å²) in [6, 6.07) is 4.76. The Kier molecular flexibility index (Phi) is 25.4. The maximum atomic E-state index is 16.3. The van der Waals surface area contributed by atoms with Crippen molar-refractivity contribution >= 4 is 82.1 Å². The van der Waals surface area contributed by atoms with Crippen LogP contribution in [0.15, 0.2) is 97.1 Å². The van der Waals surface area contributed by atoms with Gasteiger partial charge in [-0.1, -0.05) is 61.3 Å². The molecular formula is C76H87Cl2N11O24. The van der Waals surface area contributed by atoms with Gasteiger partial charge in [0.2, 0.25) is 65.2 Å². The fourth-order valence-corrected chi connectivity index (χ4v) is 14.5. The number of aliphatic hydroxyl groups is 6. The van der Waals surface area contributed by atoms with Crippen molar-refractivity contribution in [3.05, 3.63) is 146 Å². The number of amides is 9. The number of likely N-dealkylation sites (N-methyl/N-ethyl adjacent to an activating group) is 1. The van der Waals surface area contributed by atoms with Gasteiger partial charge in [0.25, 0.3) is 0 Å². The molecule has 13 rings (SSSR count). The molecule has 0 aromatic heterocycles. The first-order valence-electron chi connectivity index (χ1n) is 35.8. The second-order valence-corrected chi connectivity index (χ2v) is 29.8. The predicted molar refractivity (Wildman–Crippen MR) is 399 cm³/mol. The summed E-state index contributed by atoms with van der Waals surface area (Å²) in [5.74, 6) is -16.1. The van der Waals surface area contributed by atoms with Crippen LogP contribution >= 0.6 is 23.2 Å². The zero-order valence-electron chi connectivity index (χ0n) is 61.7. The van der Waals surface area contributed by atoms with Crippen LogP contribution in [0.25, 0.3) is 11.1 Å². The van der Waals surface area contributed by atoms with Gasteiger partial charge in [0.1, 0.15) is 95.5 Å². The third-order valence-electron chi connectivity index (χ3n) is 19.7. The molecule has 2 saturated heterocycles. The van der Waals surface area contributed by atoms with Crippen molar-refractivity contribution in [1.82, 2.24) is 42.5 Å². The number of rotatable bonds is 16. The van der Waals surface area contributed by atoms with Crippen LogP contribution < -0.4 is 73.5 Å². The van der Waals surface area contributed by atoms with Gasteiger partial charge in [0, 0.05) is 34.8 Å². The number of hydrogen-bond acceptors (Lipinski definition) is 26. The molecule has 6 aromatic carbocycles. The van der Waals surface area contributed by atoms with E-state index in [1.807, 2.05) is 19.9 Å². The molecule has 18 atom stereocenters. The van der Waals surface area contributed by atoms with Crippen LogP contribution in [0.3, 0.4) is 0 Å². The summed E-state index contributed by atoms with van der Waals surface area (Å²) in [5, 5.41) is 127. The molecule has 7 aliphatic rings. The minimum absolute atomic E-state index is 0.107. The summed E-state index contributed by atoms with van der Waals surface area (Å²) in [6.07, 6.45) is -18.7. The van der Waals surface area contributed by atoms with Crippen molar-refractivity contribution in [3.63, 3.8) is 0 Å². The number of primary amides is 1. The third kappa shape index (κ3) is 18.6. The van der Waals surface area contributed by atoms with Crippen LogP contribution in [0.5, 0.6) is 46.0 Å². The summed E-state index contributed by atoms with van der Waals surface area (Å²) in [7, 11) is 1.47. The number of phenolic OH excluding ortho intramolecular Hbond substituents is 3. The van der Waals surface area contributed by atoms with Gasteiger partial charge in [-0.25, -0.2) is 0 Å². The Morgan fingerprint density at radius 3 is 1.90 bits per heavy atom. The van der Waals surface area contributed by atoms with Crippen LogP contribution in [-0.2, 0) is 57.4 Å². The molecule has 113 heavy (non-hydrogen) atoms. The van der Waals surface area contributed by atoms with Gasteiger partial charge in [-0.3, -0.25) is 43.2 Å². The van der Waals surface area contributed by atoms with Gasteiger partial charge < -0.3 is 134 Å². The minimum Gasteiger partial charge on any atom is -0.508 e. The maximum absolute atomic E-state index is 16.3. The molecule has 0 aliphatic carbocycles. The molecular weight excluding hydrogens is 1520 g/mol. The summed E-state index contributed by atoms with van der Waals surface area (Å²) >= 11 is 14.3. The number of carbonyl (C=O) groups is 9.